The largest absolute Gasteiger partial charge is 0.361 e. The number of nitrogens with one attached hydrogen (secondary N) is 1. The maximum atomic E-state index is 4.22. The molecule has 0 amide bonds. The quantitative estimate of drug-likeness (QED) is 0.737. The van der Waals surface area contributed by atoms with E-state index in [9.17, 15) is 0 Å². The highest BCUT2D eigenvalue weighted by atomic mass is 79.9. The molecule has 5 nitrogen and oxygen atoms in total. The number of hydrogen-bond donors (Lipinski definition) is 1. The number of halogens is 1. The number of aromatic amines is 1. The molecule has 3 aromatic rings. The smallest absolute Gasteiger partial charge is 0.141 e. The van der Waals surface area contributed by atoms with Crippen LogP contribution >= 0.6 is 15.9 Å². The molecule has 0 saturated heterocycles. The second-order valence-corrected chi connectivity index (χ2v) is 4.44. The Kier molecular flexibility index (Phi) is 2.49. The maximum absolute atomic E-state index is 4.22. The molecule has 1 N–H and O–H groups in total. The molecular weight excluding hydrogens is 282 g/mol. The van der Waals surface area contributed by atoms with Crippen molar-refractivity contribution in [2.24, 2.45) is 5.10 Å². The molecule has 2 heterocycles. The van der Waals surface area contributed by atoms with E-state index in [1.165, 1.54) is 0 Å². The van der Waals surface area contributed by atoms with E-state index < -0.39 is 0 Å². The second kappa shape index (κ2) is 4.14. The molecular formula is C11H8BrN5. The van der Waals surface area contributed by atoms with Gasteiger partial charge in [0.2, 0.25) is 0 Å². The van der Waals surface area contributed by atoms with Gasteiger partial charge in [-0.25, -0.2) is 4.68 Å². The van der Waals surface area contributed by atoms with Crippen molar-refractivity contribution in [3.8, 4) is 0 Å². The summed E-state index contributed by atoms with van der Waals surface area (Å²) in [6.07, 6.45) is 6.78. The lowest BCUT2D eigenvalue weighted by Crippen LogP contribution is -1.85. The van der Waals surface area contributed by atoms with E-state index in [4.69, 9.17) is 0 Å². The van der Waals surface area contributed by atoms with Crippen LogP contribution in [0.25, 0.3) is 10.9 Å². The summed E-state index contributed by atoms with van der Waals surface area (Å²) in [4.78, 5) is 3.19. The van der Waals surface area contributed by atoms with E-state index in [2.05, 4.69) is 42.3 Å². The van der Waals surface area contributed by atoms with E-state index >= 15 is 0 Å². The lowest BCUT2D eigenvalue weighted by atomic mass is 10.2. The Labute approximate surface area is 105 Å². The fourth-order valence-corrected chi connectivity index (χ4v) is 1.97. The van der Waals surface area contributed by atoms with Gasteiger partial charge in [-0.15, -0.1) is 10.2 Å². The molecule has 0 bridgehead atoms. The van der Waals surface area contributed by atoms with Gasteiger partial charge in [0, 0.05) is 27.1 Å². The van der Waals surface area contributed by atoms with E-state index in [0.29, 0.717) is 0 Å². The molecule has 0 radical (unpaired) electrons. The van der Waals surface area contributed by atoms with Crippen molar-refractivity contribution in [1.29, 1.82) is 0 Å². The Morgan fingerprint density at radius 1 is 1.29 bits per heavy atom. The van der Waals surface area contributed by atoms with Crippen LogP contribution < -0.4 is 0 Å². The Morgan fingerprint density at radius 2 is 2.12 bits per heavy atom. The molecule has 0 unspecified atom stereocenters. The van der Waals surface area contributed by atoms with Crippen LogP contribution in [0, 0.1) is 0 Å². The van der Waals surface area contributed by atoms with Gasteiger partial charge in [0.25, 0.3) is 0 Å². The highest BCUT2D eigenvalue weighted by molar-refractivity contribution is 9.10. The van der Waals surface area contributed by atoms with Gasteiger partial charge >= 0.3 is 0 Å². The van der Waals surface area contributed by atoms with Gasteiger partial charge < -0.3 is 4.98 Å². The molecule has 0 aliphatic heterocycles. The first-order valence-corrected chi connectivity index (χ1v) is 5.78. The van der Waals surface area contributed by atoms with E-state index in [-0.39, 0.29) is 0 Å². The van der Waals surface area contributed by atoms with Gasteiger partial charge in [0.15, 0.2) is 0 Å². The summed E-state index contributed by atoms with van der Waals surface area (Å²) in [5.74, 6) is 0. The molecule has 0 spiro atoms. The first kappa shape index (κ1) is 10.2. The lowest BCUT2D eigenvalue weighted by Gasteiger charge is -1.93. The van der Waals surface area contributed by atoms with Crippen molar-refractivity contribution in [3.63, 3.8) is 0 Å². The summed E-state index contributed by atoms with van der Waals surface area (Å²) in [7, 11) is 0. The summed E-state index contributed by atoms with van der Waals surface area (Å²) in [5.41, 5.74) is 2.11. The molecule has 0 saturated carbocycles. The van der Waals surface area contributed by atoms with E-state index in [1.807, 2.05) is 18.3 Å². The maximum Gasteiger partial charge on any atom is 0.141 e. The molecule has 0 aliphatic carbocycles. The van der Waals surface area contributed by atoms with Crippen molar-refractivity contribution in [2.75, 3.05) is 0 Å². The van der Waals surface area contributed by atoms with Gasteiger partial charge in [-0.2, -0.15) is 5.10 Å². The molecule has 1 aromatic carbocycles. The standard InChI is InChI=1S/C11H8BrN5/c12-9-1-2-11-10(3-9)8(4-13-11)5-16-17-6-14-15-7-17/h1-7,13H/b16-5+. The number of rotatable bonds is 2. The first-order chi connectivity index (χ1) is 8.33. The third-order valence-corrected chi connectivity index (χ3v) is 2.91. The minimum atomic E-state index is 1.02. The van der Waals surface area contributed by atoms with Crippen molar-refractivity contribution in [2.45, 2.75) is 0 Å². The van der Waals surface area contributed by atoms with Crippen LogP contribution in [0.4, 0.5) is 0 Å². The van der Waals surface area contributed by atoms with Crippen molar-refractivity contribution >= 4 is 33.0 Å². The summed E-state index contributed by atoms with van der Waals surface area (Å²) in [5, 5.41) is 12.7. The lowest BCUT2D eigenvalue weighted by molar-refractivity contribution is 0.878. The van der Waals surface area contributed by atoms with Crippen LogP contribution in [-0.4, -0.2) is 26.1 Å². The van der Waals surface area contributed by atoms with E-state index in [0.717, 1.165) is 20.9 Å². The molecule has 0 atom stereocenters. The number of fused-ring (bicyclic) bond motifs is 1. The van der Waals surface area contributed by atoms with E-state index in [1.54, 1.807) is 23.5 Å². The molecule has 2 aromatic heterocycles. The molecule has 3 rings (SSSR count). The summed E-state index contributed by atoms with van der Waals surface area (Å²) in [6.45, 7) is 0. The first-order valence-electron chi connectivity index (χ1n) is 4.98. The summed E-state index contributed by atoms with van der Waals surface area (Å²) < 4.78 is 2.60. The van der Waals surface area contributed by atoms with Crippen LogP contribution in [0.1, 0.15) is 5.56 Å². The minimum Gasteiger partial charge on any atom is -0.361 e. The van der Waals surface area contributed by atoms with Crippen molar-refractivity contribution < 1.29 is 0 Å². The van der Waals surface area contributed by atoms with Gasteiger partial charge in [-0.1, -0.05) is 15.9 Å². The Morgan fingerprint density at radius 3 is 2.94 bits per heavy atom. The van der Waals surface area contributed by atoms with Crippen LogP contribution in [0.15, 0.2) is 46.6 Å². The van der Waals surface area contributed by atoms with Gasteiger partial charge in [-0.05, 0) is 18.2 Å². The average molecular weight is 290 g/mol. The second-order valence-electron chi connectivity index (χ2n) is 3.52. The fourth-order valence-electron chi connectivity index (χ4n) is 1.60. The van der Waals surface area contributed by atoms with Gasteiger partial charge in [0.05, 0.1) is 6.21 Å². The van der Waals surface area contributed by atoms with Crippen LogP contribution in [-0.2, 0) is 0 Å². The van der Waals surface area contributed by atoms with Crippen LogP contribution in [0.2, 0.25) is 0 Å². The SMILES string of the molecule is Brc1ccc2[nH]cc(/C=N/n3cnnc3)c2c1. The number of aromatic nitrogens is 4. The monoisotopic (exact) mass is 289 g/mol. The minimum absolute atomic E-state index is 1.02. The zero-order valence-electron chi connectivity index (χ0n) is 8.71. The fraction of sp³-hybridized carbons (Fsp3) is 0. The molecule has 84 valence electrons. The van der Waals surface area contributed by atoms with Gasteiger partial charge in [-0.3, -0.25) is 0 Å². The third-order valence-electron chi connectivity index (χ3n) is 2.41. The highest BCUT2D eigenvalue weighted by Crippen LogP contribution is 2.21. The Bertz CT molecular complexity index is 668. The number of benzene rings is 1. The van der Waals surface area contributed by atoms with Crippen molar-refractivity contribution in [1.82, 2.24) is 19.9 Å². The van der Waals surface area contributed by atoms with Crippen molar-refractivity contribution in [3.05, 3.63) is 47.1 Å². The van der Waals surface area contributed by atoms with Gasteiger partial charge in [0.1, 0.15) is 12.7 Å². The number of H-pyrrole nitrogens is 1. The molecule has 0 aliphatic rings. The zero-order valence-corrected chi connectivity index (χ0v) is 10.3. The molecule has 6 heteroatoms. The highest BCUT2D eigenvalue weighted by Gasteiger charge is 2.01. The Balaban J connectivity index is 2.03. The molecule has 17 heavy (non-hydrogen) atoms. The number of nitrogens with zero attached hydrogens (tertiary/aromatic N) is 4. The number of hydrogen-bond acceptors (Lipinski definition) is 3. The predicted molar refractivity (Wildman–Crippen MR) is 69.0 cm³/mol. The zero-order chi connectivity index (χ0) is 11.7. The topological polar surface area (TPSA) is 58.9 Å². The normalized spacial score (nSPS) is 11.6. The Hall–Kier alpha value is -1.95. The average Bonchev–Trinajstić information content (AvgIpc) is 2.94. The third kappa shape index (κ3) is 1.99. The summed E-state index contributed by atoms with van der Waals surface area (Å²) >= 11 is 3.46. The summed E-state index contributed by atoms with van der Waals surface area (Å²) in [6, 6.07) is 6.08. The predicted octanol–water partition coefficient (Wildman–Crippen LogP) is 2.40. The van der Waals surface area contributed by atoms with Crippen LogP contribution in [0.5, 0.6) is 0 Å². The molecule has 0 fully saturated rings. The van der Waals surface area contributed by atoms with Crippen LogP contribution in [0.3, 0.4) is 0 Å².